The van der Waals surface area contributed by atoms with Crippen molar-refractivity contribution in [2.75, 3.05) is 5.32 Å². The van der Waals surface area contributed by atoms with Gasteiger partial charge in [-0.3, -0.25) is 0 Å². The predicted octanol–water partition coefficient (Wildman–Crippen LogP) is 4.37. The number of halogens is 3. The molecule has 0 bridgehead atoms. The summed E-state index contributed by atoms with van der Waals surface area (Å²) in [4.78, 5) is 10.8. The van der Waals surface area contributed by atoms with Crippen molar-refractivity contribution in [1.82, 2.24) is 0 Å². The van der Waals surface area contributed by atoms with Crippen LogP contribution in [0, 0.1) is 18.6 Å². The SMILES string of the molecule is Cc1cc(C(=O)O)ccc1Nc1c(F)cc(F)cc1Cl. The van der Waals surface area contributed by atoms with Crippen LogP contribution in [0.15, 0.2) is 30.3 Å². The first-order chi connectivity index (χ1) is 9.38. The zero-order chi connectivity index (χ0) is 14.9. The Morgan fingerprint density at radius 1 is 1.25 bits per heavy atom. The lowest BCUT2D eigenvalue weighted by Crippen LogP contribution is -2.01. The Hall–Kier alpha value is -2.14. The maximum Gasteiger partial charge on any atom is 0.335 e. The van der Waals surface area contributed by atoms with Crippen LogP contribution >= 0.6 is 11.6 Å². The third kappa shape index (κ3) is 2.88. The zero-order valence-electron chi connectivity index (χ0n) is 10.4. The largest absolute Gasteiger partial charge is 0.478 e. The molecule has 0 unspecified atom stereocenters. The van der Waals surface area contributed by atoms with Gasteiger partial charge in [-0.1, -0.05) is 11.6 Å². The van der Waals surface area contributed by atoms with E-state index in [0.29, 0.717) is 11.3 Å². The summed E-state index contributed by atoms with van der Waals surface area (Å²) in [5.74, 6) is -2.64. The van der Waals surface area contributed by atoms with Crippen molar-refractivity contribution >= 4 is 28.9 Å². The summed E-state index contributed by atoms with van der Waals surface area (Å²) < 4.78 is 26.6. The summed E-state index contributed by atoms with van der Waals surface area (Å²) in [6, 6.07) is 6.04. The van der Waals surface area contributed by atoms with Gasteiger partial charge in [0.25, 0.3) is 0 Å². The molecule has 0 fully saturated rings. The van der Waals surface area contributed by atoms with Gasteiger partial charge in [-0.2, -0.15) is 0 Å². The lowest BCUT2D eigenvalue weighted by atomic mass is 10.1. The number of hydrogen-bond donors (Lipinski definition) is 2. The molecule has 104 valence electrons. The molecule has 0 saturated carbocycles. The molecule has 0 aromatic heterocycles. The van der Waals surface area contributed by atoms with Crippen LogP contribution < -0.4 is 5.32 Å². The van der Waals surface area contributed by atoms with E-state index in [1.54, 1.807) is 6.92 Å². The van der Waals surface area contributed by atoms with Crippen LogP contribution in [0.25, 0.3) is 0 Å². The topological polar surface area (TPSA) is 49.3 Å². The van der Waals surface area contributed by atoms with E-state index in [0.717, 1.165) is 12.1 Å². The van der Waals surface area contributed by atoms with Crippen LogP contribution in [0.5, 0.6) is 0 Å². The smallest absolute Gasteiger partial charge is 0.335 e. The number of nitrogens with one attached hydrogen (secondary N) is 1. The normalized spacial score (nSPS) is 10.4. The molecule has 0 radical (unpaired) electrons. The van der Waals surface area contributed by atoms with Gasteiger partial charge in [-0.05, 0) is 36.8 Å². The summed E-state index contributed by atoms with van der Waals surface area (Å²) in [5, 5.41) is 11.5. The number of carboxylic acids is 1. The standard InChI is InChI=1S/C14H10ClF2NO2/c1-7-4-8(14(19)20)2-3-12(7)18-13-10(15)5-9(16)6-11(13)17/h2-6,18H,1H3,(H,19,20). The molecule has 2 N–H and O–H groups in total. The van der Waals surface area contributed by atoms with E-state index >= 15 is 0 Å². The summed E-state index contributed by atoms with van der Waals surface area (Å²) in [5.41, 5.74) is 1.16. The molecule has 2 aromatic rings. The number of carbonyl (C=O) groups is 1. The van der Waals surface area contributed by atoms with Crippen LogP contribution in [-0.2, 0) is 0 Å². The first-order valence-electron chi connectivity index (χ1n) is 5.64. The van der Waals surface area contributed by atoms with Crippen molar-refractivity contribution in [1.29, 1.82) is 0 Å². The maximum atomic E-state index is 13.7. The minimum Gasteiger partial charge on any atom is -0.478 e. The van der Waals surface area contributed by atoms with Crippen LogP contribution in [-0.4, -0.2) is 11.1 Å². The van der Waals surface area contributed by atoms with Gasteiger partial charge in [-0.15, -0.1) is 0 Å². The number of carboxylic acid groups (broad SMARTS) is 1. The van der Waals surface area contributed by atoms with Gasteiger partial charge in [0.1, 0.15) is 5.82 Å². The maximum absolute atomic E-state index is 13.7. The molecule has 0 aliphatic heterocycles. The Labute approximate surface area is 118 Å². The van der Waals surface area contributed by atoms with Gasteiger partial charge < -0.3 is 10.4 Å². The third-order valence-corrected chi connectivity index (χ3v) is 3.04. The highest BCUT2D eigenvalue weighted by atomic mass is 35.5. The van der Waals surface area contributed by atoms with E-state index in [9.17, 15) is 13.6 Å². The average molecular weight is 298 g/mol. The second-order valence-electron chi connectivity index (χ2n) is 4.20. The molecule has 2 rings (SSSR count). The molecule has 0 amide bonds. The molecule has 2 aromatic carbocycles. The Kier molecular flexibility index (Phi) is 3.90. The third-order valence-electron chi connectivity index (χ3n) is 2.74. The summed E-state index contributed by atoms with van der Waals surface area (Å²) >= 11 is 5.78. The monoisotopic (exact) mass is 297 g/mol. The van der Waals surface area contributed by atoms with Crippen LogP contribution in [0.2, 0.25) is 5.02 Å². The summed E-state index contributed by atoms with van der Waals surface area (Å²) in [6.45, 7) is 1.67. The van der Waals surface area contributed by atoms with Crippen molar-refractivity contribution in [3.63, 3.8) is 0 Å². The van der Waals surface area contributed by atoms with Gasteiger partial charge in [-0.25, -0.2) is 13.6 Å². The van der Waals surface area contributed by atoms with Gasteiger partial charge in [0.05, 0.1) is 16.3 Å². The highest BCUT2D eigenvalue weighted by molar-refractivity contribution is 6.33. The fourth-order valence-electron chi connectivity index (χ4n) is 1.73. The van der Waals surface area contributed by atoms with Crippen LogP contribution in [0.1, 0.15) is 15.9 Å². The Morgan fingerprint density at radius 3 is 2.50 bits per heavy atom. The number of hydrogen-bond acceptors (Lipinski definition) is 2. The predicted molar refractivity (Wildman–Crippen MR) is 72.8 cm³/mol. The van der Waals surface area contributed by atoms with Crippen LogP contribution in [0.4, 0.5) is 20.2 Å². The fraction of sp³-hybridized carbons (Fsp3) is 0.0714. The molecule has 0 saturated heterocycles. The lowest BCUT2D eigenvalue weighted by molar-refractivity contribution is 0.0697. The minimum atomic E-state index is -1.05. The first kappa shape index (κ1) is 14.3. The Morgan fingerprint density at radius 2 is 1.95 bits per heavy atom. The van der Waals surface area contributed by atoms with Crippen molar-refractivity contribution in [2.24, 2.45) is 0 Å². The molecule has 0 heterocycles. The molecular weight excluding hydrogens is 288 g/mol. The van der Waals surface area contributed by atoms with Gasteiger partial charge in [0, 0.05) is 11.8 Å². The summed E-state index contributed by atoms with van der Waals surface area (Å²) in [7, 11) is 0. The van der Waals surface area contributed by atoms with Crippen molar-refractivity contribution < 1.29 is 18.7 Å². The van der Waals surface area contributed by atoms with E-state index in [2.05, 4.69) is 5.32 Å². The Bertz CT molecular complexity index is 666. The summed E-state index contributed by atoms with van der Waals surface area (Å²) in [6.07, 6.45) is 0. The number of anilines is 2. The molecule has 0 aliphatic carbocycles. The number of benzene rings is 2. The molecule has 6 heteroatoms. The number of aromatic carboxylic acids is 1. The van der Waals surface area contributed by atoms with E-state index in [4.69, 9.17) is 16.7 Å². The minimum absolute atomic E-state index is 0.0563. The molecule has 0 aliphatic rings. The second-order valence-corrected chi connectivity index (χ2v) is 4.61. The number of rotatable bonds is 3. The fourth-order valence-corrected chi connectivity index (χ4v) is 1.97. The Balaban J connectivity index is 2.38. The zero-order valence-corrected chi connectivity index (χ0v) is 11.1. The molecule has 20 heavy (non-hydrogen) atoms. The lowest BCUT2D eigenvalue weighted by Gasteiger charge is -2.12. The van der Waals surface area contributed by atoms with Gasteiger partial charge in [0.2, 0.25) is 0 Å². The van der Waals surface area contributed by atoms with E-state index in [-0.39, 0.29) is 16.3 Å². The van der Waals surface area contributed by atoms with Crippen molar-refractivity contribution in [3.8, 4) is 0 Å². The van der Waals surface area contributed by atoms with Crippen molar-refractivity contribution in [2.45, 2.75) is 6.92 Å². The van der Waals surface area contributed by atoms with Gasteiger partial charge in [0.15, 0.2) is 5.82 Å². The average Bonchev–Trinajstić information content (AvgIpc) is 2.34. The first-order valence-corrected chi connectivity index (χ1v) is 6.02. The molecular formula is C14H10ClF2NO2. The highest BCUT2D eigenvalue weighted by Crippen LogP contribution is 2.30. The van der Waals surface area contributed by atoms with Crippen molar-refractivity contribution in [3.05, 3.63) is 58.1 Å². The molecule has 3 nitrogen and oxygen atoms in total. The highest BCUT2D eigenvalue weighted by Gasteiger charge is 2.12. The van der Waals surface area contributed by atoms with E-state index in [1.165, 1.54) is 18.2 Å². The molecule has 0 spiro atoms. The van der Waals surface area contributed by atoms with Gasteiger partial charge >= 0.3 is 5.97 Å². The molecule has 0 atom stereocenters. The van der Waals surface area contributed by atoms with Crippen LogP contribution in [0.3, 0.4) is 0 Å². The number of aryl methyl sites for hydroxylation is 1. The second kappa shape index (κ2) is 5.46. The quantitative estimate of drug-likeness (QED) is 0.884. The van der Waals surface area contributed by atoms with E-state index < -0.39 is 17.6 Å². The van der Waals surface area contributed by atoms with E-state index in [1.807, 2.05) is 0 Å².